The number of carboxylic acid groups (broad SMARTS) is 1. The molecule has 0 heterocycles. The molecule has 0 radical (unpaired) electrons. The van der Waals surface area contributed by atoms with Gasteiger partial charge < -0.3 is 15.2 Å². The molecular weight excluding hydrogens is 337 g/mol. The van der Waals surface area contributed by atoms with Gasteiger partial charge in [-0.3, -0.25) is 4.79 Å². The number of benzene rings is 1. The summed E-state index contributed by atoms with van der Waals surface area (Å²) < 4.78 is 0. The summed E-state index contributed by atoms with van der Waals surface area (Å²) in [5.41, 5.74) is 0.442. The van der Waals surface area contributed by atoms with E-state index in [0.717, 1.165) is 0 Å². The number of allylic oxidation sites excluding steroid dienone is 2. The molecule has 0 aromatic heterocycles. The number of carboxylic acids is 1. The lowest BCUT2D eigenvalue weighted by Crippen LogP contribution is -2.42. The second kappa shape index (κ2) is 6.69. The molecule has 2 rings (SSSR count). The van der Waals surface area contributed by atoms with Crippen molar-refractivity contribution in [2.24, 2.45) is 11.8 Å². The van der Waals surface area contributed by atoms with Crippen LogP contribution in [0.25, 0.3) is 0 Å². The van der Waals surface area contributed by atoms with Crippen molar-refractivity contribution in [3.8, 4) is 0 Å². The fourth-order valence-corrected chi connectivity index (χ4v) is 2.75. The van der Waals surface area contributed by atoms with Gasteiger partial charge in [0, 0.05) is 22.6 Å². The number of hydrogen-bond acceptors (Lipinski definition) is 3. The molecule has 7 heteroatoms. The lowest BCUT2D eigenvalue weighted by molar-refractivity contribution is -0.313. The molecule has 0 aliphatic heterocycles. The molecule has 1 aromatic carbocycles. The van der Waals surface area contributed by atoms with Crippen LogP contribution in [0.2, 0.25) is 10.0 Å². The Bertz CT molecular complexity index is 615. The van der Waals surface area contributed by atoms with Crippen molar-refractivity contribution in [2.75, 3.05) is 5.32 Å². The fourth-order valence-electron chi connectivity index (χ4n) is 2.20. The van der Waals surface area contributed by atoms with E-state index in [1.54, 1.807) is 18.2 Å². The van der Waals surface area contributed by atoms with Gasteiger partial charge in [0.25, 0.3) is 0 Å². The quantitative estimate of drug-likeness (QED) is 0.914. The number of halogens is 3. The molecule has 1 N–H and O–H groups in total. The molecule has 1 aliphatic rings. The van der Waals surface area contributed by atoms with E-state index in [1.165, 1.54) is 6.07 Å². The van der Waals surface area contributed by atoms with E-state index in [1.807, 2.05) is 0 Å². The number of rotatable bonds is 3. The van der Waals surface area contributed by atoms with Crippen molar-refractivity contribution in [1.82, 2.24) is 0 Å². The van der Waals surface area contributed by atoms with Crippen LogP contribution in [0.15, 0.2) is 29.3 Å². The normalized spacial score (nSPS) is 21.6. The second-order valence-electron chi connectivity index (χ2n) is 4.74. The van der Waals surface area contributed by atoms with Crippen LogP contribution in [0, 0.1) is 11.8 Å². The molecule has 1 amide bonds. The van der Waals surface area contributed by atoms with Gasteiger partial charge >= 0.3 is 0 Å². The van der Waals surface area contributed by atoms with Crippen molar-refractivity contribution in [3.05, 3.63) is 39.4 Å². The van der Waals surface area contributed by atoms with Gasteiger partial charge in [-0.25, -0.2) is 0 Å². The molecule has 1 aromatic rings. The first-order chi connectivity index (χ1) is 9.88. The number of aliphatic carboxylic acids is 1. The van der Waals surface area contributed by atoms with Crippen LogP contribution in [0.1, 0.15) is 12.8 Å². The Morgan fingerprint density at radius 2 is 1.86 bits per heavy atom. The summed E-state index contributed by atoms with van der Waals surface area (Å²) >= 11 is 17.6. The molecule has 0 saturated carbocycles. The average Bonchev–Trinajstić information content (AvgIpc) is 2.42. The number of carbonyl (C=O) groups excluding carboxylic acids is 2. The lowest BCUT2D eigenvalue weighted by atomic mass is 9.82. The van der Waals surface area contributed by atoms with Gasteiger partial charge in [-0.15, -0.1) is 0 Å². The van der Waals surface area contributed by atoms with Crippen molar-refractivity contribution in [1.29, 1.82) is 0 Å². The van der Waals surface area contributed by atoms with Gasteiger partial charge in [0.1, 0.15) is 0 Å². The van der Waals surface area contributed by atoms with Crippen molar-refractivity contribution >= 4 is 52.4 Å². The predicted molar refractivity (Wildman–Crippen MR) is 80.2 cm³/mol. The highest BCUT2D eigenvalue weighted by molar-refractivity contribution is 6.42. The van der Waals surface area contributed by atoms with Gasteiger partial charge in [-0.2, -0.15) is 0 Å². The Labute approximate surface area is 136 Å². The van der Waals surface area contributed by atoms with E-state index in [4.69, 9.17) is 34.8 Å². The van der Waals surface area contributed by atoms with E-state index < -0.39 is 23.7 Å². The van der Waals surface area contributed by atoms with Gasteiger partial charge in [0.2, 0.25) is 5.91 Å². The van der Waals surface area contributed by atoms with E-state index in [0.29, 0.717) is 20.8 Å². The topological polar surface area (TPSA) is 69.2 Å². The van der Waals surface area contributed by atoms with Crippen LogP contribution in [0.5, 0.6) is 0 Å². The molecule has 0 saturated heterocycles. The highest BCUT2D eigenvalue weighted by Gasteiger charge is 2.32. The minimum absolute atomic E-state index is 0.174. The van der Waals surface area contributed by atoms with Crippen LogP contribution in [-0.2, 0) is 9.59 Å². The fraction of sp³-hybridized carbons (Fsp3) is 0.286. The number of carbonyl (C=O) groups is 2. The number of amides is 1. The number of nitrogens with one attached hydrogen (secondary N) is 1. The molecule has 112 valence electrons. The van der Waals surface area contributed by atoms with Gasteiger partial charge in [-0.05, 0) is 31.0 Å². The molecule has 1 aliphatic carbocycles. The Morgan fingerprint density at radius 3 is 2.48 bits per heavy atom. The van der Waals surface area contributed by atoms with Crippen LogP contribution in [0.3, 0.4) is 0 Å². The van der Waals surface area contributed by atoms with E-state index in [2.05, 4.69) is 5.32 Å². The van der Waals surface area contributed by atoms with E-state index in [-0.39, 0.29) is 12.8 Å². The zero-order chi connectivity index (χ0) is 15.6. The molecule has 0 spiro atoms. The first kappa shape index (κ1) is 16.1. The van der Waals surface area contributed by atoms with Crippen LogP contribution < -0.4 is 10.4 Å². The molecule has 0 bridgehead atoms. The minimum atomic E-state index is -1.26. The highest BCUT2D eigenvalue weighted by atomic mass is 35.5. The summed E-state index contributed by atoms with van der Waals surface area (Å²) in [7, 11) is 0. The average molecular weight is 348 g/mol. The van der Waals surface area contributed by atoms with Crippen LogP contribution in [-0.4, -0.2) is 11.9 Å². The zero-order valence-electron chi connectivity index (χ0n) is 10.7. The third-order valence-corrected chi connectivity index (χ3v) is 4.37. The Balaban J connectivity index is 2.16. The third-order valence-electron chi connectivity index (χ3n) is 3.32. The second-order valence-corrected chi connectivity index (χ2v) is 6.04. The Hall–Kier alpha value is -1.23. The predicted octanol–water partition coefficient (Wildman–Crippen LogP) is 2.83. The Morgan fingerprint density at radius 1 is 1.14 bits per heavy atom. The van der Waals surface area contributed by atoms with Crippen molar-refractivity contribution < 1.29 is 14.7 Å². The van der Waals surface area contributed by atoms with Crippen LogP contribution >= 0.6 is 34.8 Å². The molecule has 0 unspecified atom stereocenters. The van der Waals surface area contributed by atoms with Gasteiger partial charge in [0.05, 0.1) is 16.0 Å². The highest BCUT2D eigenvalue weighted by Crippen LogP contribution is 2.33. The first-order valence-electron chi connectivity index (χ1n) is 6.20. The molecule has 0 fully saturated rings. The minimum Gasteiger partial charge on any atom is -0.550 e. The standard InChI is InChI=1S/C14H12Cl3NO3/c15-7-1-3-9(14(20)21)10(5-7)13(19)18-8-2-4-11(16)12(17)6-8/h1-2,4,6,9-10H,3,5H2,(H,18,19)(H,20,21)/p-1/t9-,10+/m1/s1. The molecule has 2 atom stereocenters. The monoisotopic (exact) mass is 346 g/mol. The Kier molecular flexibility index (Phi) is 5.14. The summed E-state index contributed by atoms with van der Waals surface area (Å²) in [6.07, 6.45) is 1.96. The maximum absolute atomic E-state index is 12.3. The smallest absolute Gasteiger partial charge is 0.228 e. The first-order valence-corrected chi connectivity index (χ1v) is 7.33. The molecule has 21 heavy (non-hydrogen) atoms. The zero-order valence-corrected chi connectivity index (χ0v) is 13.0. The summed E-state index contributed by atoms with van der Waals surface area (Å²) in [5.74, 6) is -3.37. The van der Waals surface area contributed by atoms with Gasteiger partial charge in [0.15, 0.2) is 0 Å². The van der Waals surface area contributed by atoms with Gasteiger partial charge in [-0.1, -0.05) is 40.9 Å². The van der Waals surface area contributed by atoms with Crippen LogP contribution in [0.4, 0.5) is 5.69 Å². The maximum Gasteiger partial charge on any atom is 0.228 e. The van der Waals surface area contributed by atoms with E-state index >= 15 is 0 Å². The van der Waals surface area contributed by atoms with Crippen molar-refractivity contribution in [3.63, 3.8) is 0 Å². The maximum atomic E-state index is 12.3. The summed E-state index contributed by atoms with van der Waals surface area (Å²) in [5, 5.41) is 14.9. The SMILES string of the molecule is O=C(Nc1ccc(Cl)c(Cl)c1)[C@H]1CC(Cl)=CC[C@H]1C(=O)[O-]. The molecule has 4 nitrogen and oxygen atoms in total. The largest absolute Gasteiger partial charge is 0.550 e. The van der Waals surface area contributed by atoms with Crippen molar-refractivity contribution in [2.45, 2.75) is 12.8 Å². The summed E-state index contributed by atoms with van der Waals surface area (Å²) in [6.45, 7) is 0. The lowest BCUT2D eigenvalue weighted by Gasteiger charge is -2.29. The molecular formula is C14H11Cl3NO3-. The number of hydrogen-bond donors (Lipinski definition) is 1. The number of anilines is 1. The summed E-state index contributed by atoms with van der Waals surface area (Å²) in [6, 6.07) is 4.62. The summed E-state index contributed by atoms with van der Waals surface area (Å²) in [4.78, 5) is 23.4. The van der Waals surface area contributed by atoms with E-state index in [9.17, 15) is 14.7 Å². The third kappa shape index (κ3) is 3.90.